The van der Waals surface area contributed by atoms with Gasteiger partial charge in [0.05, 0.1) is 4.92 Å². The highest BCUT2D eigenvalue weighted by molar-refractivity contribution is 7.99. The molecule has 9 nitrogen and oxygen atoms in total. The standard InChI is InChI=1S/C29H39N3O6S/c1-27(2,3)20-14-18(15-21(23(20)33)28(4,5)6)30-24(34)22-16-39-25(31(22)26(35)38-29(7,8)9)17-10-12-19(13-11-17)32(36)37/h10-15,22,25,33H,16H2,1-9H3,(H,30,34). The summed E-state index contributed by atoms with van der Waals surface area (Å²) in [5, 5.41) is 24.6. The number of carbonyl (C=O) groups is 2. The molecule has 0 bridgehead atoms. The second kappa shape index (κ2) is 10.7. The molecule has 2 N–H and O–H groups in total. The molecule has 212 valence electrons. The van der Waals surface area contributed by atoms with E-state index < -0.39 is 28.0 Å². The van der Waals surface area contributed by atoms with Crippen molar-refractivity contribution in [3.8, 4) is 5.75 Å². The van der Waals surface area contributed by atoms with Gasteiger partial charge >= 0.3 is 6.09 Å². The fourth-order valence-electron chi connectivity index (χ4n) is 4.34. The fraction of sp³-hybridized carbons (Fsp3) is 0.517. The Morgan fingerprint density at radius 3 is 1.95 bits per heavy atom. The third-order valence-electron chi connectivity index (χ3n) is 6.29. The molecule has 10 heteroatoms. The van der Waals surface area contributed by atoms with Crippen LogP contribution in [0.4, 0.5) is 16.2 Å². The summed E-state index contributed by atoms with van der Waals surface area (Å²) >= 11 is 1.39. The molecule has 0 aromatic heterocycles. The first-order valence-electron chi connectivity index (χ1n) is 12.9. The van der Waals surface area contributed by atoms with Crippen LogP contribution in [0.15, 0.2) is 36.4 Å². The van der Waals surface area contributed by atoms with E-state index in [1.807, 2.05) is 41.5 Å². The molecule has 1 saturated heterocycles. The van der Waals surface area contributed by atoms with E-state index in [2.05, 4.69) is 5.32 Å². The molecule has 1 heterocycles. The molecule has 2 atom stereocenters. The molecule has 1 aliphatic rings. The lowest BCUT2D eigenvalue weighted by Gasteiger charge is -2.32. The second-order valence-corrected chi connectivity index (χ2v) is 14.0. The van der Waals surface area contributed by atoms with Crippen molar-refractivity contribution in [3.63, 3.8) is 0 Å². The van der Waals surface area contributed by atoms with Gasteiger partial charge in [0.1, 0.15) is 22.8 Å². The number of anilines is 1. The summed E-state index contributed by atoms with van der Waals surface area (Å²) in [4.78, 5) is 39.1. The predicted molar refractivity (Wildman–Crippen MR) is 154 cm³/mol. The van der Waals surface area contributed by atoms with Crippen molar-refractivity contribution in [2.75, 3.05) is 11.1 Å². The number of hydrogen-bond acceptors (Lipinski definition) is 7. The number of ether oxygens (including phenoxy) is 1. The summed E-state index contributed by atoms with van der Waals surface area (Å²) < 4.78 is 5.66. The fourth-order valence-corrected chi connectivity index (χ4v) is 5.76. The number of thioether (sulfide) groups is 1. The maximum Gasteiger partial charge on any atom is 0.412 e. The largest absolute Gasteiger partial charge is 0.507 e. The molecule has 39 heavy (non-hydrogen) atoms. The number of nitrogens with one attached hydrogen (secondary N) is 1. The first-order chi connectivity index (χ1) is 17.8. The van der Waals surface area contributed by atoms with Crippen LogP contribution in [0.2, 0.25) is 0 Å². The number of hydrogen-bond donors (Lipinski definition) is 2. The molecular weight excluding hydrogens is 518 g/mol. The van der Waals surface area contributed by atoms with E-state index in [-0.39, 0.29) is 28.2 Å². The Hall–Kier alpha value is -3.27. The minimum Gasteiger partial charge on any atom is -0.507 e. The highest BCUT2D eigenvalue weighted by atomic mass is 32.2. The zero-order valence-electron chi connectivity index (χ0n) is 24.1. The molecule has 0 saturated carbocycles. The number of carbonyl (C=O) groups excluding carboxylic acids is 2. The average Bonchev–Trinajstić information content (AvgIpc) is 3.23. The van der Waals surface area contributed by atoms with Gasteiger partial charge in [-0.05, 0) is 61.4 Å². The molecule has 1 fully saturated rings. The number of phenolic OH excluding ortho intramolecular Hbond substituents is 1. The molecular formula is C29H39N3O6S. The van der Waals surface area contributed by atoms with E-state index >= 15 is 0 Å². The van der Waals surface area contributed by atoms with Crippen LogP contribution in [0.25, 0.3) is 0 Å². The Morgan fingerprint density at radius 2 is 1.51 bits per heavy atom. The van der Waals surface area contributed by atoms with Gasteiger partial charge in [-0.15, -0.1) is 11.8 Å². The molecule has 1 aliphatic heterocycles. The van der Waals surface area contributed by atoms with Gasteiger partial charge in [-0.1, -0.05) is 41.5 Å². The zero-order valence-corrected chi connectivity index (χ0v) is 24.9. The smallest absolute Gasteiger partial charge is 0.412 e. The quantitative estimate of drug-likeness (QED) is 0.238. The molecule has 2 aromatic rings. The van der Waals surface area contributed by atoms with Crippen molar-refractivity contribution in [3.05, 3.63) is 63.2 Å². The number of non-ortho nitro benzene ring substituents is 1. The van der Waals surface area contributed by atoms with Gasteiger partial charge in [-0.3, -0.25) is 19.8 Å². The van der Waals surface area contributed by atoms with E-state index in [1.165, 1.54) is 28.8 Å². The second-order valence-electron chi connectivity index (χ2n) is 12.8. The van der Waals surface area contributed by atoms with Gasteiger partial charge in [0.15, 0.2) is 0 Å². The van der Waals surface area contributed by atoms with Crippen LogP contribution < -0.4 is 5.32 Å². The minimum atomic E-state index is -0.852. The van der Waals surface area contributed by atoms with Crippen LogP contribution >= 0.6 is 11.8 Å². The molecule has 3 rings (SSSR count). The highest BCUT2D eigenvalue weighted by Gasteiger charge is 2.44. The molecule has 0 radical (unpaired) electrons. The monoisotopic (exact) mass is 557 g/mol. The summed E-state index contributed by atoms with van der Waals surface area (Å²) in [5.41, 5.74) is 0.997. The Balaban J connectivity index is 1.99. The van der Waals surface area contributed by atoms with Crippen LogP contribution in [-0.4, -0.2) is 44.3 Å². The Labute approximate surface area is 234 Å². The number of benzene rings is 2. The van der Waals surface area contributed by atoms with Gasteiger partial charge in [-0.25, -0.2) is 4.79 Å². The van der Waals surface area contributed by atoms with Crippen LogP contribution in [-0.2, 0) is 20.4 Å². The number of nitrogens with zero attached hydrogens (tertiary/aromatic N) is 2. The summed E-state index contributed by atoms with van der Waals surface area (Å²) in [6.45, 7) is 17.2. The number of aromatic hydroxyl groups is 1. The summed E-state index contributed by atoms with van der Waals surface area (Å²) in [5.74, 6) is 0.129. The van der Waals surface area contributed by atoms with Gasteiger partial charge < -0.3 is 15.2 Å². The normalized spacial score (nSPS) is 18.1. The maximum absolute atomic E-state index is 13.7. The van der Waals surface area contributed by atoms with Crippen molar-refractivity contribution in [1.29, 1.82) is 0 Å². The van der Waals surface area contributed by atoms with Gasteiger partial charge in [0, 0.05) is 34.7 Å². The molecule has 2 amide bonds. The van der Waals surface area contributed by atoms with Crippen molar-refractivity contribution >= 4 is 35.1 Å². The van der Waals surface area contributed by atoms with Crippen molar-refractivity contribution in [1.82, 2.24) is 4.90 Å². The summed E-state index contributed by atoms with van der Waals surface area (Å²) in [6, 6.07) is 8.66. The van der Waals surface area contributed by atoms with E-state index in [0.29, 0.717) is 28.1 Å². The lowest BCUT2D eigenvalue weighted by molar-refractivity contribution is -0.384. The third kappa shape index (κ3) is 7.03. The lowest BCUT2D eigenvalue weighted by atomic mass is 9.79. The Morgan fingerprint density at radius 1 is 1.00 bits per heavy atom. The van der Waals surface area contributed by atoms with Crippen LogP contribution in [0, 0.1) is 10.1 Å². The van der Waals surface area contributed by atoms with Crippen LogP contribution in [0.1, 0.15) is 84.4 Å². The number of phenols is 1. The average molecular weight is 558 g/mol. The predicted octanol–water partition coefficient (Wildman–Crippen LogP) is 6.89. The van der Waals surface area contributed by atoms with Crippen molar-refractivity contribution < 1.29 is 24.4 Å². The third-order valence-corrected chi connectivity index (χ3v) is 7.61. The van der Waals surface area contributed by atoms with Crippen LogP contribution in [0.3, 0.4) is 0 Å². The number of amides is 2. The maximum atomic E-state index is 13.7. The first-order valence-corrected chi connectivity index (χ1v) is 13.9. The molecule has 0 spiro atoms. The van der Waals surface area contributed by atoms with Crippen molar-refractivity contribution in [2.24, 2.45) is 0 Å². The van der Waals surface area contributed by atoms with E-state index in [0.717, 1.165) is 0 Å². The number of rotatable bonds is 4. The highest BCUT2D eigenvalue weighted by Crippen LogP contribution is 2.44. The number of nitro groups is 1. The van der Waals surface area contributed by atoms with Gasteiger partial charge in [0.2, 0.25) is 5.91 Å². The number of nitro benzene ring substituents is 1. The van der Waals surface area contributed by atoms with E-state index in [4.69, 9.17) is 4.74 Å². The Kier molecular flexibility index (Phi) is 8.32. The lowest BCUT2D eigenvalue weighted by Crippen LogP contribution is -2.47. The summed E-state index contributed by atoms with van der Waals surface area (Å²) in [7, 11) is 0. The van der Waals surface area contributed by atoms with Gasteiger partial charge in [-0.2, -0.15) is 0 Å². The molecule has 2 unspecified atom stereocenters. The van der Waals surface area contributed by atoms with Crippen molar-refractivity contribution in [2.45, 2.75) is 90.2 Å². The van der Waals surface area contributed by atoms with Crippen LogP contribution in [0.5, 0.6) is 5.75 Å². The van der Waals surface area contributed by atoms with E-state index in [9.17, 15) is 24.8 Å². The molecule has 2 aromatic carbocycles. The topological polar surface area (TPSA) is 122 Å². The SMILES string of the molecule is CC(C)(C)OC(=O)N1C(C(=O)Nc2cc(C(C)(C)C)c(O)c(C(C)(C)C)c2)CSC1c1ccc([N+](=O)[O-])cc1. The first kappa shape index (κ1) is 30.3. The minimum absolute atomic E-state index is 0.0588. The molecule has 0 aliphatic carbocycles. The zero-order chi connectivity index (χ0) is 29.5. The van der Waals surface area contributed by atoms with E-state index in [1.54, 1.807) is 45.0 Å². The van der Waals surface area contributed by atoms with Gasteiger partial charge in [0.25, 0.3) is 5.69 Å². The summed E-state index contributed by atoms with van der Waals surface area (Å²) in [6.07, 6.45) is -0.646. The Bertz CT molecular complexity index is 1220.